The fourth-order valence-electron chi connectivity index (χ4n) is 18.4. The Bertz CT molecular complexity index is 5700. The molecule has 614 valence electrons. The molecular formula is C94H98B2N10O13S. The van der Waals surface area contributed by atoms with Crippen LogP contribution in [0.4, 0.5) is 10.5 Å². The number of carbonyl (C=O) groups excluding carboxylic acids is 7. The number of hydrogen-bond donors (Lipinski definition) is 6. The number of fused-ring (bicyclic) bond motifs is 4. The summed E-state index contributed by atoms with van der Waals surface area (Å²) >= 11 is 0. The van der Waals surface area contributed by atoms with Gasteiger partial charge in [-0.2, -0.15) is 0 Å². The molecule has 0 saturated carbocycles. The topological polar surface area (TPSA) is 324 Å². The average molecular weight is 1630 g/mol. The van der Waals surface area contributed by atoms with Crippen molar-refractivity contribution in [1.29, 1.82) is 0 Å². The summed E-state index contributed by atoms with van der Waals surface area (Å²) in [7, 11) is -4.77. The van der Waals surface area contributed by atoms with Gasteiger partial charge >= 0.3 is 25.5 Å². The number of likely N-dealkylation sites (tertiary alicyclic amines) is 4. The second kappa shape index (κ2) is 34.6. The van der Waals surface area contributed by atoms with E-state index in [1.54, 1.807) is 85.1 Å². The highest BCUT2D eigenvalue weighted by molar-refractivity contribution is 8.42. The molecule has 9 heterocycles. The van der Waals surface area contributed by atoms with Crippen LogP contribution in [0.5, 0.6) is 5.75 Å². The van der Waals surface area contributed by atoms with E-state index < -0.39 is 53.7 Å². The first kappa shape index (κ1) is 80.8. The molecule has 0 aliphatic carbocycles. The fraction of sp³-hybridized carbons (Fsp3) is 0.309. The van der Waals surface area contributed by atoms with E-state index in [4.69, 9.17) is 50.2 Å². The maximum Gasteiger partial charge on any atom is 0.603 e. The van der Waals surface area contributed by atoms with Crippen LogP contribution in [-0.2, 0) is 76.1 Å². The zero-order chi connectivity index (χ0) is 82.8. The van der Waals surface area contributed by atoms with Gasteiger partial charge in [-0.25, -0.2) is 4.79 Å². The van der Waals surface area contributed by atoms with Gasteiger partial charge in [-0.15, -0.1) is 0 Å². The van der Waals surface area contributed by atoms with Crippen molar-refractivity contribution in [3.8, 4) is 5.75 Å². The second-order valence-electron chi connectivity index (χ2n) is 32.7. The van der Waals surface area contributed by atoms with E-state index in [0.717, 1.165) is 95.8 Å². The van der Waals surface area contributed by atoms with Crippen molar-refractivity contribution in [3.05, 3.63) is 291 Å². The molecule has 18 rings (SSSR count). The Kier molecular flexibility index (Phi) is 23.3. The van der Waals surface area contributed by atoms with Gasteiger partial charge in [-0.1, -0.05) is 152 Å². The van der Waals surface area contributed by atoms with Gasteiger partial charge in [0, 0.05) is 128 Å². The highest BCUT2D eigenvalue weighted by atomic mass is 32.3. The third-order valence-electron chi connectivity index (χ3n) is 25.4. The van der Waals surface area contributed by atoms with Crippen molar-refractivity contribution in [3.63, 3.8) is 0 Å². The number of aromatic amines is 1. The monoisotopic (exact) mass is 1630 g/mol. The van der Waals surface area contributed by atoms with Gasteiger partial charge in [0.25, 0.3) is 17.7 Å². The SMILES string of the molecule is CS1(c2cccc3[nH]c(C(=O)N4CCC(c5cccc(CN)c5)CC4)cc23)OB(c2cccc(CC(=O)N3CCC4(CC3)COc3ccc(CN)cc34)c2)OC1=O.NCc1cccc(C2CCN(C(=O)c3ccc(NC(=O)C[C@@]4(c5ccccc5)OB(c5cc6c(C(=O)N7CCC(c8cccc(CN)c8)CC7)cccc6o5)OC4=O)cc3)CC2)c1. The lowest BCUT2D eigenvalue weighted by molar-refractivity contribution is -0.146. The van der Waals surface area contributed by atoms with Crippen LogP contribution in [-0.4, -0.2) is 145 Å². The van der Waals surface area contributed by atoms with Crippen molar-refractivity contribution in [2.45, 2.75) is 124 Å². The van der Waals surface area contributed by atoms with Crippen molar-refractivity contribution in [1.82, 2.24) is 24.6 Å². The van der Waals surface area contributed by atoms with Crippen LogP contribution in [0.15, 0.2) is 228 Å². The van der Waals surface area contributed by atoms with Crippen molar-refractivity contribution in [2.75, 3.05) is 70.5 Å². The van der Waals surface area contributed by atoms with Gasteiger partial charge in [0.1, 0.15) is 17.0 Å². The number of carbonyl (C=O) groups is 7. The van der Waals surface area contributed by atoms with E-state index in [1.165, 1.54) is 22.3 Å². The molecule has 11 aromatic rings. The third-order valence-corrected chi connectivity index (χ3v) is 27.9. The molecule has 120 heavy (non-hydrogen) atoms. The van der Waals surface area contributed by atoms with Crippen LogP contribution in [0.2, 0.25) is 0 Å². The smallest absolute Gasteiger partial charge is 0.501 e. The molecule has 26 heteroatoms. The summed E-state index contributed by atoms with van der Waals surface area (Å²) in [6.45, 7) is 7.74. The van der Waals surface area contributed by atoms with Gasteiger partial charge in [0.05, 0.1) is 25.0 Å². The number of anilines is 1. The molecule has 1 unspecified atom stereocenters. The minimum atomic E-state index is -2.56. The number of ether oxygens (including phenoxy) is 1. The van der Waals surface area contributed by atoms with Gasteiger partial charge in [-0.05, 0) is 202 Å². The maximum atomic E-state index is 14.0. The molecule has 6 saturated heterocycles. The number of aromatic nitrogens is 1. The minimum absolute atomic E-state index is 0.0581. The van der Waals surface area contributed by atoms with Crippen LogP contribution in [0, 0.1) is 0 Å². The van der Waals surface area contributed by atoms with E-state index in [0.29, 0.717) is 152 Å². The molecule has 7 aliphatic rings. The number of nitrogens with zero attached hydrogens (tertiary/aromatic N) is 4. The Labute approximate surface area is 699 Å². The van der Waals surface area contributed by atoms with E-state index in [2.05, 4.69) is 58.8 Å². The van der Waals surface area contributed by atoms with Crippen LogP contribution in [0.25, 0.3) is 21.9 Å². The van der Waals surface area contributed by atoms with E-state index in [1.807, 2.05) is 111 Å². The number of benzene rings is 9. The Balaban J connectivity index is 0.000000172. The quantitative estimate of drug-likeness (QED) is 0.0410. The fourth-order valence-corrected chi connectivity index (χ4v) is 20.5. The minimum Gasteiger partial charge on any atom is -0.501 e. The first-order valence-corrected chi connectivity index (χ1v) is 43.6. The zero-order valence-corrected chi connectivity index (χ0v) is 68.1. The van der Waals surface area contributed by atoms with Crippen LogP contribution in [0.1, 0.15) is 162 Å². The highest BCUT2D eigenvalue weighted by Crippen LogP contribution is 2.61. The maximum absolute atomic E-state index is 14.0. The first-order valence-electron chi connectivity index (χ1n) is 41.6. The number of hydrogen-bond acceptors (Lipinski definition) is 17. The van der Waals surface area contributed by atoms with Gasteiger partial charge in [-0.3, -0.25) is 28.8 Å². The molecule has 7 aliphatic heterocycles. The number of H-pyrrole nitrogens is 1. The average Bonchev–Trinajstić information content (AvgIpc) is 1.60. The van der Waals surface area contributed by atoms with Gasteiger partial charge < -0.3 is 80.1 Å². The molecular weight excluding hydrogens is 1530 g/mol. The Morgan fingerprint density at radius 2 is 1.09 bits per heavy atom. The molecule has 0 bridgehead atoms. The van der Waals surface area contributed by atoms with Crippen LogP contribution < -0.4 is 44.1 Å². The summed E-state index contributed by atoms with van der Waals surface area (Å²) in [6.07, 6.45) is 8.47. The Morgan fingerprint density at radius 1 is 0.525 bits per heavy atom. The third kappa shape index (κ3) is 16.4. The standard InChI is InChI=1S/C50H50BN5O7.C44H48BN5O6S/c52-31-33-7-4-9-38(27-33)35-19-23-55(24-20-35)47(58)37-15-17-41(18-16-37)54-46(57)30-50(40-11-2-1-3-12-40)49(60)62-51(63-50)45-29-43-42(13-6-14-44(43)61-45)48(59)56-25-21-36(22-26-56)39-10-5-8-34(28-39)32-53;1-57(40-10-4-9-37-35(40)25-38(48-37)42(52)50-17-13-32(14-18-50)33-7-2-6-30(21-33)26-46)43(53)55-45(56-57)34-8-3-5-29(22-34)24-41(51)49-19-15-44(16-20-49)28-54-39-12-11-31(27-47)23-36(39)44/h1-18,27-29,35-36H,19-26,30-32,52-53H2,(H,54,57);2-12,21-23,25,32,48H,13-20,24,26-28,46-47H2,1H3/t50-;/m0./s1. The molecule has 2 aromatic heterocycles. The van der Waals surface area contributed by atoms with Crippen molar-refractivity contribution < 1.29 is 60.8 Å². The van der Waals surface area contributed by atoms with Crippen molar-refractivity contribution >= 4 is 104 Å². The Morgan fingerprint density at radius 3 is 1.71 bits per heavy atom. The predicted octanol–water partition coefficient (Wildman–Crippen LogP) is 12.5. The van der Waals surface area contributed by atoms with E-state index >= 15 is 0 Å². The van der Waals surface area contributed by atoms with Gasteiger partial charge in [0.2, 0.25) is 11.8 Å². The molecule has 6 fully saturated rings. The molecule has 2 atom stereocenters. The lowest BCUT2D eigenvalue weighted by Crippen LogP contribution is -2.46. The molecule has 23 nitrogen and oxygen atoms in total. The molecule has 9 aromatic carbocycles. The first-order chi connectivity index (χ1) is 58.4. The van der Waals surface area contributed by atoms with Crippen LogP contribution >= 0.6 is 10.3 Å². The lowest BCUT2D eigenvalue weighted by atomic mass is 9.74. The summed E-state index contributed by atoms with van der Waals surface area (Å²) in [5.74, 6) is 0.619. The number of furan rings is 1. The zero-order valence-electron chi connectivity index (χ0n) is 67.2. The summed E-state index contributed by atoms with van der Waals surface area (Å²) in [5, 5.41) is 3.78. The summed E-state index contributed by atoms with van der Waals surface area (Å²) < 4.78 is 37.0. The normalized spacial score (nSPS) is 20.0. The number of piperidine rings is 4. The number of amides is 5. The van der Waals surface area contributed by atoms with Crippen molar-refractivity contribution in [2.24, 2.45) is 22.9 Å². The number of nitrogens with two attached hydrogens (primary N) is 4. The van der Waals surface area contributed by atoms with Crippen LogP contribution in [0.3, 0.4) is 0 Å². The summed E-state index contributed by atoms with van der Waals surface area (Å²) in [6, 6.07) is 68.9. The highest BCUT2D eigenvalue weighted by Gasteiger charge is 2.57. The number of rotatable bonds is 19. The second-order valence-corrected chi connectivity index (χ2v) is 35.4. The molecule has 10 N–H and O–H groups in total. The summed E-state index contributed by atoms with van der Waals surface area (Å²) in [4.78, 5) is 108. The summed E-state index contributed by atoms with van der Waals surface area (Å²) in [5.41, 5.74) is 36.3. The lowest BCUT2D eigenvalue weighted by Gasteiger charge is -2.38. The molecule has 1 spiro atoms. The van der Waals surface area contributed by atoms with Gasteiger partial charge in [0.15, 0.2) is 11.3 Å². The van der Waals surface area contributed by atoms with E-state index in [-0.39, 0.29) is 41.1 Å². The number of nitrogens with one attached hydrogen (secondary N) is 2. The Hall–Kier alpha value is -11.6. The predicted molar refractivity (Wildman–Crippen MR) is 464 cm³/mol. The largest absolute Gasteiger partial charge is 0.603 e. The molecule has 0 radical (unpaired) electrons. The van der Waals surface area contributed by atoms with E-state index in [9.17, 15) is 33.6 Å². The molecule has 5 amide bonds.